The summed E-state index contributed by atoms with van der Waals surface area (Å²) in [6, 6.07) is 5.46. The lowest BCUT2D eigenvalue weighted by Crippen LogP contribution is -2.21. The van der Waals surface area contributed by atoms with Gasteiger partial charge < -0.3 is 4.74 Å². The zero-order valence-corrected chi connectivity index (χ0v) is 11.1. The molecule has 1 N–H and O–H groups in total. The third-order valence-electron chi connectivity index (χ3n) is 2.91. The zero-order chi connectivity index (χ0) is 15.8. The van der Waals surface area contributed by atoms with E-state index >= 15 is 0 Å². The van der Waals surface area contributed by atoms with Crippen LogP contribution in [0.4, 0.5) is 13.2 Å². The van der Waals surface area contributed by atoms with E-state index in [0.717, 1.165) is 7.05 Å². The van der Waals surface area contributed by atoms with Crippen molar-refractivity contribution in [3.8, 4) is 5.75 Å². The normalized spacial score (nSPS) is 11.5. The summed E-state index contributed by atoms with van der Waals surface area (Å²) >= 11 is 0. The van der Waals surface area contributed by atoms with E-state index in [-0.39, 0.29) is 5.56 Å². The second-order valence-corrected chi connectivity index (χ2v) is 4.28. The molecule has 0 saturated heterocycles. The minimum Gasteiger partial charge on any atom is -0.497 e. The van der Waals surface area contributed by atoms with Crippen molar-refractivity contribution in [3.05, 3.63) is 51.4 Å². The predicted molar refractivity (Wildman–Crippen MR) is 67.5 cm³/mol. The van der Waals surface area contributed by atoms with Crippen molar-refractivity contribution in [1.29, 1.82) is 0 Å². The number of rotatable bonds is 3. The van der Waals surface area contributed by atoms with Gasteiger partial charge in [-0.15, -0.1) is 0 Å². The number of aromatic amines is 1. The SMILES string of the molecule is COc1ccc(C(=O)c2c(C(F)(F)F)[nH]n(C)c2=O)cc1. The van der Waals surface area contributed by atoms with Crippen molar-refractivity contribution < 1.29 is 22.7 Å². The van der Waals surface area contributed by atoms with Crippen molar-refractivity contribution in [1.82, 2.24) is 9.78 Å². The van der Waals surface area contributed by atoms with E-state index in [0.29, 0.717) is 10.4 Å². The minimum absolute atomic E-state index is 0.0296. The van der Waals surface area contributed by atoms with Crippen molar-refractivity contribution in [2.75, 3.05) is 7.11 Å². The quantitative estimate of drug-likeness (QED) is 0.881. The number of nitrogens with one attached hydrogen (secondary N) is 1. The average Bonchev–Trinajstić information content (AvgIpc) is 2.74. The largest absolute Gasteiger partial charge is 0.497 e. The van der Waals surface area contributed by atoms with E-state index in [1.165, 1.54) is 31.4 Å². The summed E-state index contributed by atoms with van der Waals surface area (Å²) in [4.78, 5) is 23.9. The summed E-state index contributed by atoms with van der Waals surface area (Å²) in [5, 5.41) is 1.86. The van der Waals surface area contributed by atoms with Crippen LogP contribution in [0.1, 0.15) is 21.6 Å². The lowest BCUT2D eigenvalue weighted by atomic mass is 10.0. The van der Waals surface area contributed by atoms with Gasteiger partial charge in [0.2, 0.25) is 5.78 Å². The fourth-order valence-electron chi connectivity index (χ4n) is 1.85. The number of carbonyl (C=O) groups excluding carboxylic acids is 1. The average molecular weight is 300 g/mol. The first-order valence-corrected chi connectivity index (χ1v) is 5.80. The molecule has 8 heteroatoms. The molecule has 2 aromatic rings. The van der Waals surface area contributed by atoms with Crippen molar-refractivity contribution >= 4 is 5.78 Å². The number of carbonyl (C=O) groups is 1. The molecule has 0 radical (unpaired) electrons. The molecule has 1 aromatic carbocycles. The van der Waals surface area contributed by atoms with Gasteiger partial charge in [-0.25, -0.2) is 0 Å². The Morgan fingerprint density at radius 1 is 1.24 bits per heavy atom. The van der Waals surface area contributed by atoms with Gasteiger partial charge in [0, 0.05) is 12.6 Å². The number of halogens is 3. The highest BCUT2D eigenvalue weighted by atomic mass is 19.4. The highest BCUT2D eigenvalue weighted by molar-refractivity contribution is 6.09. The Morgan fingerprint density at radius 2 is 1.81 bits per heavy atom. The second-order valence-electron chi connectivity index (χ2n) is 4.28. The van der Waals surface area contributed by atoms with Gasteiger partial charge in [-0.1, -0.05) is 0 Å². The van der Waals surface area contributed by atoms with Crippen molar-refractivity contribution in [2.24, 2.45) is 7.05 Å². The molecule has 5 nitrogen and oxygen atoms in total. The summed E-state index contributed by atoms with van der Waals surface area (Å²) in [5.41, 5.74) is -3.33. The van der Waals surface area contributed by atoms with Crippen LogP contribution in [0, 0.1) is 0 Å². The molecule has 0 saturated carbocycles. The summed E-state index contributed by atoms with van der Waals surface area (Å²) in [6.45, 7) is 0. The number of benzene rings is 1. The molecule has 0 bridgehead atoms. The van der Waals surface area contributed by atoms with E-state index in [1.54, 1.807) is 0 Å². The van der Waals surface area contributed by atoms with Crippen LogP contribution in [0.2, 0.25) is 0 Å². The summed E-state index contributed by atoms with van der Waals surface area (Å²) in [5.74, 6) is -0.545. The lowest BCUT2D eigenvalue weighted by molar-refractivity contribution is -0.141. The fourth-order valence-corrected chi connectivity index (χ4v) is 1.85. The van der Waals surface area contributed by atoms with Crippen LogP contribution in [-0.2, 0) is 13.2 Å². The second kappa shape index (κ2) is 5.12. The van der Waals surface area contributed by atoms with Crippen LogP contribution in [-0.4, -0.2) is 22.7 Å². The van der Waals surface area contributed by atoms with Gasteiger partial charge in [0.25, 0.3) is 5.56 Å². The lowest BCUT2D eigenvalue weighted by Gasteiger charge is -2.06. The van der Waals surface area contributed by atoms with Gasteiger partial charge in [-0.05, 0) is 24.3 Å². The Morgan fingerprint density at radius 3 is 2.29 bits per heavy atom. The van der Waals surface area contributed by atoms with Crippen molar-refractivity contribution in [2.45, 2.75) is 6.18 Å². The molecule has 21 heavy (non-hydrogen) atoms. The van der Waals surface area contributed by atoms with E-state index in [4.69, 9.17) is 4.74 Å². The monoisotopic (exact) mass is 300 g/mol. The minimum atomic E-state index is -4.82. The van der Waals surface area contributed by atoms with Crippen LogP contribution in [0.15, 0.2) is 29.1 Å². The molecule has 0 amide bonds. The summed E-state index contributed by atoms with van der Waals surface area (Å²) in [7, 11) is 2.53. The van der Waals surface area contributed by atoms with E-state index < -0.39 is 28.8 Å². The third-order valence-corrected chi connectivity index (χ3v) is 2.91. The van der Waals surface area contributed by atoms with Crippen LogP contribution < -0.4 is 10.3 Å². The molecular weight excluding hydrogens is 289 g/mol. The highest BCUT2D eigenvalue weighted by Crippen LogP contribution is 2.30. The Balaban J connectivity index is 2.55. The van der Waals surface area contributed by atoms with Gasteiger partial charge in [-0.3, -0.25) is 19.4 Å². The van der Waals surface area contributed by atoms with Crippen LogP contribution >= 0.6 is 0 Å². The van der Waals surface area contributed by atoms with E-state index in [2.05, 4.69) is 0 Å². The Labute approximate surface area is 116 Å². The molecule has 0 fully saturated rings. The molecule has 0 unspecified atom stereocenters. The van der Waals surface area contributed by atoms with Crippen LogP contribution in [0.25, 0.3) is 0 Å². The number of ether oxygens (including phenoxy) is 1. The first-order valence-electron chi connectivity index (χ1n) is 5.80. The smallest absolute Gasteiger partial charge is 0.433 e. The molecule has 112 valence electrons. The molecule has 0 aliphatic heterocycles. The number of hydrogen-bond acceptors (Lipinski definition) is 3. The van der Waals surface area contributed by atoms with E-state index in [9.17, 15) is 22.8 Å². The van der Waals surface area contributed by atoms with Crippen LogP contribution in [0.3, 0.4) is 0 Å². The number of hydrogen-bond donors (Lipinski definition) is 1. The maximum Gasteiger partial charge on any atom is 0.433 e. The van der Waals surface area contributed by atoms with Gasteiger partial charge in [0.1, 0.15) is 11.3 Å². The maximum absolute atomic E-state index is 12.9. The Hall–Kier alpha value is -2.51. The van der Waals surface area contributed by atoms with Crippen LogP contribution in [0.5, 0.6) is 5.75 Å². The number of nitrogens with zero attached hydrogens (tertiary/aromatic N) is 1. The molecule has 0 spiro atoms. The molecule has 0 aliphatic carbocycles. The van der Waals surface area contributed by atoms with Gasteiger partial charge >= 0.3 is 6.18 Å². The molecule has 0 atom stereocenters. The molecule has 1 aromatic heterocycles. The van der Waals surface area contributed by atoms with E-state index in [1.807, 2.05) is 5.10 Å². The highest BCUT2D eigenvalue weighted by Gasteiger charge is 2.40. The molecular formula is C13H11F3N2O3. The van der Waals surface area contributed by atoms with Gasteiger partial charge in [0.15, 0.2) is 5.69 Å². The first-order chi connectivity index (χ1) is 9.75. The molecule has 0 aliphatic rings. The maximum atomic E-state index is 12.9. The Kier molecular flexibility index (Phi) is 3.63. The van der Waals surface area contributed by atoms with Crippen molar-refractivity contribution in [3.63, 3.8) is 0 Å². The molecule has 1 heterocycles. The number of methoxy groups -OCH3 is 1. The Bertz CT molecular complexity index is 727. The standard InChI is InChI=1S/C13H11F3N2O3/c1-18-12(20)9(11(17-18)13(14,15)16)10(19)7-3-5-8(21-2)6-4-7/h3-6,17H,1-2H3. The number of ketones is 1. The van der Waals surface area contributed by atoms with Gasteiger partial charge in [0.05, 0.1) is 7.11 Å². The third kappa shape index (κ3) is 2.69. The predicted octanol–water partition coefficient (Wildman–Crippen LogP) is 1.97. The molecule has 2 rings (SSSR count). The number of alkyl halides is 3. The summed E-state index contributed by atoms with van der Waals surface area (Å²) < 4.78 is 44.2. The fraction of sp³-hybridized carbons (Fsp3) is 0.231. The number of aryl methyl sites for hydroxylation is 1. The number of aromatic nitrogens is 2. The zero-order valence-electron chi connectivity index (χ0n) is 11.1. The summed E-state index contributed by atoms with van der Waals surface area (Å²) in [6.07, 6.45) is -4.82. The van der Waals surface area contributed by atoms with Gasteiger partial charge in [-0.2, -0.15) is 13.2 Å². The first kappa shape index (κ1) is 14.9. The number of H-pyrrole nitrogens is 1. The topological polar surface area (TPSA) is 64.1 Å².